The lowest BCUT2D eigenvalue weighted by Gasteiger charge is -2.33. The van der Waals surface area contributed by atoms with Gasteiger partial charge in [-0.1, -0.05) is 0 Å². The Morgan fingerprint density at radius 2 is 2.29 bits per heavy atom. The third-order valence-electron chi connectivity index (χ3n) is 3.03. The standard InChI is InChI=1S/C15H21BrN2O2S/c1-15(2,3)20-14(19)18-9-5-6-11(10-18)21-13-12(16)7-4-8-17-13/h4,7-8,11H,5-6,9-10H2,1-3H3. The molecular formula is C15H21BrN2O2S. The van der Waals surface area contributed by atoms with Crippen molar-refractivity contribution in [1.82, 2.24) is 9.88 Å². The third kappa shape index (κ3) is 5.18. The largest absolute Gasteiger partial charge is 0.444 e. The number of hydrogen-bond acceptors (Lipinski definition) is 4. The number of ether oxygens (including phenoxy) is 1. The van der Waals surface area contributed by atoms with Gasteiger partial charge in [-0.05, 0) is 61.7 Å². The molecule has 1 aliphatic heterocycles. The molecule has 1 aromatic rings. The van der Waals surface area contributed by atoms with Gasteiger partial charge < -0.3 is 9.64 Å². The molecule has 2 heterocycles. The van der Waals surface area contributed by atoms with E-state index in [1.54, 1.807) is 18.0 Å². The van der Waals surface area contributed by atoms with Crippen LogP contribution in [0.1, 0.15) is 33.6 Å². The van der Waals surface area contributed by atoms with Crippen molar-refractivity contribution in [2.45, 2.75) is 49.5 Å². The summed E-state index contributed by atoms with van der Waals surface area (Å²) in [5, 5.41) is 1.34. The summed E-state index contributed by atoms with van der Waals surface area (Å²) in [4.78, 5) is 18.3. The van der Waals surface area contributed by atoms with E-state index in [-0.39, 0.29) is 6.09 Å². The number of piperidine rings is 1. The molecule has 0 aromatic carbocycles. The van der Waals surface area contributed by atoms with Crippen molar-refractivity contribution >= 4 is 33.8 Å². The highest BCUT2D eigenvalue weighted by Crippen LogP contribution is 2.32. The van der Waals surface area contributed by atoms with Gasteiger partial charge >= 0.3 is 6.09 Å². The number of likely N-dealkylation sites (tertiary alicyclic amines) is 1. The minimum absolute atomic E-state index is 0.215. The number of halogens is 1. The lowest BCUT2D eigenvalue weighted by atomic mass is 10.1. The molecule has 4 nitrogen and oxygen atoms in total. The SMILES string of the molecule is CC(C)(C)OC(=O)N1CCCC(Sc2ncccc2Br)C1. The zero-order valence-electron chi connectivity index (χ0n) is 12.6. The fraction of sp³-hybridized carbons (Fsp3) is 0.600. The molecule has 0 radical (unpaired) electrons. The molecule has 1 aliphatic rings. The van der Waals surface area contributed by atoms with Gasteiger partial charge in [-0.3, -0.25) is 0 Å². The number of nitrogens with zero attached hydrogens (tertiary/aromatic N) is 2. The summed E-state index contributed by atoms with van der Waals surface area (Å²) < 4.78 is 6.46. The number of amides is 1. The van der Waals surface area contributed by atoms with Crippen LogP contribution in [-0.4, -0.2) is 39.9 Å². The van der Waals surface area contributed by atoms with Crippen LogP contribution in [-0.2, 0) is 4.74 Å². The molecule has 1 fully saturated rings. The van der Waals surface area contributed by atoms with Gasteiger partial charge in [0.05, 0.1) is 0 Å². The summed E-state index contributed by atoms with van der Waals surface area (Å²) in [5.74, 6) is 0. The number of thioether (sulfide) groups is 1. The number of pyridine rings is 1. The summed E-state index contributed by atoms with van der Waals surface area (Å²) in [6.45, 7) is 7.17. The van der Waals surface area contributed by atoms with E-state index >= 15 is 0 Å². The van der Waals surface area contributed by atoms with Crippen molar-refractivity contribution in [1.29, 1.82) is 0 Å². The van der Waals surface area contributed by atoms with Crippen molar-refractivity contribution in [2.24, 2.45) is 0 Å². The van der Waals surface area contributed by atoms with Crippen LogP contribution in [0.3, 0.4) is 0 Å². The zero-order valence-corrected chi connectivity index (χ0v) is 15.0. The highest BCUT2D eigenvalue weighted by molar-refractivity contribution is 9.10. The molecule has 0 bridgehead atoms. The van der Waals surface area contributed by atoms with Crippen LogP contribution in [0.2, 0.25) is 0 Å². The zero-order chi connectivity index (χ0) is 15.5. The van der Waals surface area contributed by atoms with Gasteiger partial charge in [-0.25, -0.2) is 9.78 Å². The fourth-order valence-corrected chi connectivity index (χ4v) is 3.83. The number of aromatic nitrogens is 1. The molecule has 0 aliphatic carbocycles. The monoisotopic (exact) mass is 372 g/mol. The van der Waals surface area contributed by atoms with Crippen LogP contribution < -0.4 is 0 Å². The number of carbonyl (C=O) groups is 1. The first-order chi connectivity index (χ1) is 9.85. The molecule has 0 N–H and O–H groups in total. The number of hydrogen-bond donors (Lipinski definition) is 0. The molecule has 2 rings (SSSR count). The smallest absolute Gasteiger partial charge is 0.410 e. The van der Waals surface area contributed by atoms with Crippen LogP contribution in [0, 0.1) is 0 Å². The maximum Gasteiger partial charge on any atom is 0.410 e. The van der Waals surface area contributed by atoms with Crippen molar-refractivity contribution < 1.29 is 9.53 Å². The van der Waals surface area contributed by atoms with Gasteiger partial charge in [-0.15, -0.1) is 11.8 Å². The summed E-state index contributed by atoms with van der Waals surface area (Å²) in [6.07, 6.45) is 3.67. The second-order valence-corrected chi connectivity index (χ2v) is 8.24. The average Bonchev–Trinajstić information content (AvgIpc) is 2.40. The molecule has 0 spiro atoms. The minimum atomic E-state index is -0.443. The first-order valence-electron chi connectivity index (χ1n) is 7.10. The van der Waals surface area contributed by atoms with Gasteiger partial charge in [0.1, 0.15) is 10.6 Å². The molecule has 1 atom stereocenters. The van der Waals surface area contributed by atoms with Crippen LogP contribution in [0.5, 0.6) is 0 Å². The van der Waals surface area contributed by atoms with E-state index in [1.807, 2.05) is 37.8 Å². The third-order valence-corrected chi connectivity index (χ3v) is 5.20. The quantitative estimate of drug-likeness (QED) is 0.774. The second kappa shape index (κ2) is 7.01. The number of rotatable bonds is 2. The lowest BCUT2D eigenvalue weighted by molar-refractivity contribution is 0.0220. The van der Waals surface area contributed by atoms with Crippen LogP contribution in [0.4, 0.5) is 4.79 Å². The summed E-state index contributed by atoms with van der Waals surface area (Å²) in [5.41, 5.74) is -0.443. The maximum absolute atomic E-state index is 12.1. The van der Waals surface area contributed by atoms with Gasteiger partial charge in [0.25, 0.3) is 0 Å². The van der Waals surface area contributed by atoms with Crippen LogP contribution in [0.15, 0.2) is 27.8 Å². The topological polar surface area (TPSA) is 42.4 Å². The predicted octanol–water partition coefficient (Wildman–Crippen LogP) is 4.34. The molecule has 21 heavy (non-hydrogen) atoms. The summed E-state index contributed by atoms with van der Waals surface area (Å²) in [6, 6.07) is 3.89. The maximum atomic E-state index is 12.1. The van der Waals surface area contributed by atoms with Gasteiger partial charge in [0.15, 0.2) is 0 Å². The second-order valence-electron chi connectivity index (χ2n) is 6.10. The van der Waals surface area contributed by atoms with E-state index in [1.165, 1.54) is 0 Å². The Balaban J connectivity index is 1.95. The Kier molecular flexibility index (Phi) is 5.54. The molecule has 1 amide bonds. The molecule has 1 saturated heterocycles. The molecule has 1 aromatic heterocycles. The molecule has 0 saturated carbocycles. The molecule has 6 heteroatoms. The minimum Gasteiger partial charge on any atom is -0.444 e. The van der Waals surface area contributed by atoms with E-state index in [0.29, 0.717) is 11.8 Å². The van der Waals surface area contributed by atoms with Gasteiger partial charge in [0.2, 0.25) is 0 Å². The Labute approximate surface area is 138 Å². The Morgan fingerprint density at radius 3 is 2.95 bits per heavy atom. The number of carbonyl (C=O) groups excluding carboxylic acids is 1. The van der Waals surface area contributed by atoms with Crippen LogP contribution in [0.25, 0.3) is 0 Å². The van der Waals surface area contributed by atoms with Gasteiger partial charge in [-0.2, -0.15) is 0 Å². The Bertz CT molecular complexity index is 505. The fourth-order valence-electron chi connectivity index (χ4n) is 2.14. The van der Waals surface area contributed by atoms with E-state index in [2.05, 4.69) is 20.9 Å². The van der Waals surface area contributed by atoms with Crippen molar-refractivity contribution in [3.05, 3.63) is 22.8 Å². The van der Waals surface area contributed by atoms with E-state index in [4.69, 9.17) is 4.74 Å². The first-order valence-corrected chi connectivity index (χ1v) is 8.77. The van der Waals surface area contributed by atoms with Crippen molar-refractivity contribution in [3.63, 3.8) is 0 Å². The molecular weight excluding hydrogens is 352 g/mol. The Morgan fingerprint density at radius 1 is 1.52 bits per heavy atom. The average molecular weight is 373 g/mol. The highest BCUT2D eigenvalue weighted by atomic mass is 79.9. The van der Waals surface area contributed by atoms with Gasteiger partial charge in [0, 0.05) is 29.0 Å². The normalized spacial score (nSPS) is 19.4. The highest BCUT2D eigenvalue weighted by Gasteiger charge is 2.28. The first kappa shape index (κ1) is 16.6. The Hall–Kier alpha value is -0.750. The van der Waals surface area contributed by atoms with E-state index < -0.39 is 5.60 Å². The van der Waals surface area contributed by atoms with Crippen LogP contribution >= 0.6 is 27.7 Å². The molecule has 1 unspecified atom stereocenters. The summed E-state index contributed by atoms with van der Waals surface area (Å²) in [7, 11) is 0. The molecule has 116 valence electrons. The van der Waals surface area contributed by atoms with Crippen molar-refractivity contribution in [3.8, 4) is 0 Å². The predicted molar refractivity (Wildman–Crippen MR) is 88.6 cm³/mol. The summed E-state index contributed by atoms with van der Waals surface area (Å²) >= 11 is 5.24. The lowest BCUT2D eigenvalue weighted by Crippen LogP contribution is -2.43. The van der Waals surface area contributed by atoms with E-state index in [0.717, 1.165) is 28.9 Å². The van der Waals surface area contributed by atoms with Crippen molar-refractivity contribution in [2.75, 3.05) is 13.1 Å². The van der Waals surface area contributed by atoms with E-state index in [9.17, 15) is 4.79 Å².